The van der Waals surface area contributed by atoms with E-state index >= 15 is 0 Å². The average Bonchev–Trinajstić information content (AvgIpc) is 2.53. The van der Waals surface area contributed by atoms with Crippen molar-refractivity contribution in [3.63, 3.8) is 0 Å². The van der Waals surface area contributed by atoms with E-state index in [-0.39, 0.29) is 23.5 Å². The topological polar surface area (TPSA) is 75.7 Å². The van der Waals surface area contributed by atoms with Gasteiger partial charge in [-0.2, -0.15) is 4.31 Å². The van der Waals surface area contributed by atoms with E-state index in [1.165, 1.54) is 19.2 Å². The lowest BCUT2D eigenvalue weighted by Crippen LogP contribution is -2.41. The SMILES string of the molecule is CNC(=O)COc1ccc(S(=O)(=O)N2CCCC[C@@H]2C)cc1. The molecular weight excluding hydrogens is 304 g/mol. The van der Waals surface area contributed by atoms with Gasteiger partial charge in [-0.3, -0.25) is 4.79 Å². The molecule has 122 valence electrons. The van der Waals surface area contributed by atoms with Gasteiger partial charge in [0.1, 0.15) is 5.75 Å². The van der Waals surface area contributed by atoms with Crippen molar-refractivity contribution >= 4 is 15.9 Å². The molecule has 6 nitrogen and oxygen atoms in total. The van der Waals surface area contributed by atoms with E-state index < -0.39 is 10.0 Å². The molecule has 1 aliphatic heterocycles. The Morgan fingerprint density at radius 2 is 2.00 bits per heavy atom. The molecule has 1 aromatic carbocycles. The van der Waals surface area contributed by atoms with Gasteiger partial charge in [0.05, 0.1) is 4.90 Å². The molecule has 0 aliphatic carbocycles. The number of nitrogens with one attached hydrogen (secondary N) is 1. The first-order valence-electron chi connectivity index (χ1n) is 7.40. The normalized spacial score (nSPS) is 19.6. The van der Waals surface area contributed by atoms with Gasteiger partial charge in [-0.15, -0.1) is 0 Å². The maximum absolute atomic E-state index is 12.6. The highest BCUT2D eigenvalue weighted by atomic mass is 32.2. The average molecular weight is 326 g/mol. The molecule has 1 aromatic rings. The summed E-state index contributed by atoms with van der Waals surface area (Å²) in [5.74, 6) is 0.230. The van der Waals surface area contributed by atoms with Crippen molar-refractivity contribution in [2.24, 2.45) is 0 Å². The fraction of sp³-hybridized carbons (Fsp3) is 0.533. The molecular formula is C15H22N2O4S. The predicted molar refractivity (Wildman–Crippen MR) is 83.2 cm³/mol. The highest BCUT2D eigenvalue weighted by Crippen LogP contribution is 2.26. The number of amides is 1. The van der Waals surface area contributed by atoms with Crippen LogP contribution in [0.5, 0.6) is 5.75 Å². The van der Waals surface area contributed by atoms with Gasteiger partial charge in [-0.05, 0) is 44.0 Å². The fourth-order valence-corrected chi connectivity index (χ4v) is 4.19. The van der Waals surface area contributed by atoms with Gasteiger partial charge in [0.25, 0.3) is 5.91 Å². The molecule has 0 saturated carbocycles. The van der Waals surface area contributed by atoms with Gasteiger partial charge in [0.15, 0.2) is 6.61 Å². The zero-order chi connectivity index (χ0) is 16.2. The van der Waals surface area contributed by atoms with Crippen LogP contribution in [0.25, 0.3) is 0 Å². The number of carbonyl (C=O) groups is 1. The van der Waals surface area contributed by atoms with Crippen LogP contribution in [0.1, 0.15) is 26.2 Å². The van der Waals surface area contributed by atoms with E-state index in [4.69, 9.17) is 4.74 Å². The summed E-state index contributed by atoms with van der Waals surface area (Å²) in [4.78, 5) is 11.4. The monoisotopic (exact) mass is 326 g/mol. The van der Waals surface area contributed by atoms with E-state index in [2.05, 4.69) is 5.32 Å². The van der Waals surface area contributed by atoms with Crippen LogP contribution in [-0.4, -0.2) is 44.9 Å². The van der Waals surface area contributed by atoms with Crippen molar-refractivity contribution < 1.29 is 17.9 Å². The molecule has 2 rings (SSSR count). The van der Waals surface area contributed by atoms with Gasteiger partial charge >= 0.3 is 0 Å². The summed E-state index contributed by atoms with van der Waals surface area (Å²) in [5, 5.41) is 2.45. The Hall–Kier alpha value is -1.60. The summed E-state index contributed by atoms with van der Waals surface area (Å²) in [6, 6.07) is 6.23. The first kappa shape index (κ1) is 16.8. The van der Waals surface area contributed by atoms with Crippen LogP contribution < -0.4 is 10.1 Å². The highest BCUT2D eigenvalue weighted by molar-refractivity contribution is 7.89. The van der Waals surface area contributed by atoms with E-state index in [1.54, 1.807) is 16.4 Å². The zero-order valence-corrected chi connectivity index (χ0v) is 13.7. The van der Waals surface area contributed by atoms with Gasteiger partial charge in [-0.25, -0.2) is 8.42 Å². The van der Waals surface area contributed by atoms with Crippen LogP contribution in [0.4, 0.5) is 0 Å². The molecule has 0 aromatic heterocycles. The minimum Gasteiger partial charge on any atom is -0.484 e. The van der Waals surface area contributed by atoms with Crippen molar-refractivity contribution in [3.05, 3.63) is 24.3 Å². The fourth-order valence-electron chi connectivity index (χ4n) is 2.49. The van der Waals surface area contributed by atoms with Crippen molar-refractivity contribution in [2.45, 2.75) is 37.1 Å². The van der Waals surface area contributed by atoms with Gasteiger partial charge in [-0.1, -0.05) is 6.42 Å². The number of benzene rings is 1. The number of piperidine rings is 1. The van der Waals surface area contributed by atoms with Crippen LogP contribution in [0.15, 0.2) is 29.2 Å². The maximum Gasteiger partial charge on any atom is 0.257 e. The molecule has 0 spiro atoms. The second kappa shape index (κ2) is 7.11. The number of carbonyl (C=O) groups excluding carboxylic acids is 1. The molecule has 1 saturated heterocycles. The van der Waals surface area contributed by atoms with E-state index in [0.29, 0.717) is 12.3 Å². The third-order valence-electron chi connectivity index (χ3n) is 3.82. The minimum absolute atomic E-state index is 0.0305. The zero-order valence-electron chi connectivity index (χ0n) is 12.9. The molecule has 0 unspecified atom stereocenters. The molecule has 1 fully saturated rings. The number of hydrogen-bond donors (Lipinski definition) is 1. The molecule has 1 aliphatic rings. The summed E-state index contributed by atoms with van der Waals surface area (Å²) < 4.78 is 32.1. The Labute approximate surface area is 131 Å². The third-order valence-corrected chi connectivity index (χ3v) is 5.85. The lowest BCUT2D eigenvalue weighted by Gasteiger charge is -2.32. The molecule has 0 bridgehead atoms. The first-order valence-corrected chi connectivity index (χ1v) is 8.84. The van der Waals surface area contributed by atoms with E-state index in [1.807, 2.05) is 6.92 Å². The number of rotatable bonds is 5. The molecule has 1 amide bonds. The van der Waals surface area contributed by atoms with Crippen LogP contribution in [0.2, 0.25) is 0 Å². The number of hydrogen-bond acceptors (Lipinski definition) is 4. The number of sulfonamides is 1. The number of ether oxygens (including phenoxy) is 1. The largest absolute Gasteiger partial charge is 0.484 e. The molecule has 1 atom stereocenters. The Kier molecular flexibility index (Phi) is 5.42. The Morgan fingerprint density at radius 1 is 1.32 bits per heavy atom. The van der Waals surface area contributed by atoms with Crippen LogP contribution in [0, 0.1) is 0 Å². The minimum atomic E-state index is -3.47. The summed E-state index contributed by atoms with van der Waals surface area (Å²) >= 11 is 0. The highest BCUT2D eigenvalue weighted by Gasteiger charge is 2.30. The van der Waals surface area contributed by atoms with Crippen LogP contribution in [0.3, 0.4) is 0 Å². The predicted octanol–water partition coefficient (Wildman–Crippen LogP) is 1.37. The molecule has 0 radical (unpaired) electrons. The Balaban J connectivity index is 2.10. The maximum atomic E-state index is 12.6. The lowest BCUT2D eigenvalue weighted by atomic mass is 10.1. The number of nitrogens with zero attached hydrogens (tertiary/aromatic N) is 1. The molecule has 1 heterocycles. The van der Waals surface area contributed by atoms with Crippen LogP contribution >= 0.6 is 0 Å². The van der Waals surface area contributed by atoms with Gasteiger partial charge in [0, 0.05) is 19.6 Å². The third kappa shape index (κ3) is 3.78. The second-order valence-corrected chi connectivity index (χ2v) is 7.28. The van der Waals surface area contributed by atoms with Crippen molar-refractivity contribution in [3.8, 4) is 5.75 Å². The Morgan fingerprint density at radius 3 is 2.59 bits per heavy atom. The summed E-state index contributed by atoms with van der Waals surface area (Å²) in [6.07, 6.45) is 2.86. The second-order valence-electron chi connectivity index (χ2n) is 5.39. The summed E-state index contributed by atoms with van der Waals surface area (Å²) in [6.45, 7) is 2.42. The van der Waals surface area contributed by atoms with E-state index in [0.717, 1.165) is 19.3 Å². The van der Waals surface area contributed by atoms with E-state index in [9.17, 15) is 13.2 Å². The lowest BCUT2D eigenvalue weighted by molar-refractivity contribution is -0.122. The Bertz CT molecular complexity index is 613. The summed E-state index contributed by atoms with van der Waals surface area (Å²) in [7, 11) is -1.94. The molecule has 1 N–H and O–H groups in total. The quantitative estimate of drug-likeness (QED) is 0.887. The first-order chi connectivity index (χ1) is 10.4. The molecule has 22 heavy (non-hydrogen) atoms. The van der Waals surface area contributed by atoms with Gasteiger partial charge in [0.2, 0.25) is 10.0 Å². The van der Waals surface area contributed by atoms with Crippen molar-refractivity contribution in [1.29, 1.82) is 0 Å². The standard InChI is InChI=1S/C15H22N2O4S/c1-12-5-3-4-10-17(12)22(19,20)14-8-6-13(7-9-14)21-11-15(18)16-2/h6-9,12H,3-5,10-11H2,1-2H3,(H,16,18)/t12-/m0/s1. The molecule has 7 heteroatoms. The smallest absolute Gasteiger partial charge is 0.257 e. The van der Waals surface area contributed by atoms with Crippen molar-refractivity contribution in [2.75, 3.05) is 20.2 Å². The number of likely N-dealkylation sites (N-methyl/N-ethyl adjacent to an activating group) is 1. The summed E-state index contributed by atoms with van der Waals surface area (Å²) in [5.41, 5.74) is 0. The van der Waals surface area contributed by atoms with Crippen LogP contribution in [-0.2, 0) is 14.8 Å². The van der Waals surface area contributed by atoms with Gasteiger partial charge < -0.3 is 10.1 Å². The van der Waals surface area contributed by atoms with Crippen molar-refractivity contribution in [1.82, 2.24) is 9.62 Å².